The maximum atomic E-state index is 13.9. The zero-order valence-electron chi connectivity index (χ0n) is 16.8. The van der Waals surface area contributed by atoms with Crippen molar-refractivity contribution in [2.24, 2.45) is 5.92 Å². The molecule has 0 unspecified atom stereocenters. The highest BCUT2D eigenvalue weighted by molar-refractivity contribution is 7.99. The fraction of sp³-hybridized carbons (Fsp3) is 0.360. The van der Waals surface area contributed by atoms with Crippen molar-refractivity contribution >= 4 is 28.9 Å². The molecule has 156 valence electrons. The predicted octanol–water partition coefficient (Wildman–Crippen LogP) is 6.52. The van der Waals surface area contributed by atoms with E-state index in [1.165, 1.54) is 11.1 Å². The number of benzene rings is 2. The molecule has 1 N–H and O–H groups in total. The minimum Gasteiger partial charge on any atom is -0.393 e. The van der Waals surface area contributed by atoms with Crippen LogP contribution in [0.5, 0.6) is 0 Å². The molecule has 30 heavy (non-hydrogen) atoms. The van der Waals surface area contributed by atoms with Gasteiger partial charge in [-0.05, 0) is 103 Å². The summed E-state index contributed by atoms with van der Waals surface area (Å²) in [4.78, 5) is 4.49. The fourth-order valence-electron chi connectivity index (χ4n) is 4.82. The number of fused-ring (bicyclic) bond motifs is 2. The molecule has 5 heteroatoms. The van der Waals surface area contributed by atoms with E-state index in [-0.39, 0.29) is 11.9 Å². The third kappa shape index (κ3) is 4.05. The molecule has 3 aliphatic rings. The summed E-state index contributed by atoms with van der Waals surface area (Å²) in [5, 5.41) is 10.5. The van der Waals surface area contributed by atoms with E-state index in [4.69, 9.17) is 11.6 Å². The molecule has 5 rings (SSSR count). The van der Waals surface area contributed by atoms with E-state index in [1.54, 1.807) is 23.9 Å². The maximum absolute atomic E-state index is 13.9. The topological polar surface area (TPSA) is 23.5 Å². The van der Waals surface area contributed by atoms with E-state index in [9.17, 15) is 9.50 Å². The average molecular weight is 442 g/mol. The Morgan fingerprint density at radius 3 is 2.63 bits per heavy atom. The van der Waals surface area contributed by atoms with Gasteiger partial charge in [0.25, 0.3) is 0 Å². The molecule has 0 aromatic heterocycles. The Morgan fingerprint density at radius 2 is 1.87 bits per heavy atom. The molecule has 0 saturated heterocycles. The molecule has 1 aliphatic carbocycles. The van der Waals surface area contributed by atoms with Crippen molar-refractivity contribution in [3.8, 4) is 0 Å². The fourth-order valence-corrected chi connectivity index (χ4v) is 6.09. The molecule has 0 atom stereocenters. The molecular formula is C25H25ClFNOS. The minimum absolute atomic E-state index is 0.101. The second-order valence-electron chi connectivity index (χ2n) is 8.52. The quantitative estimate of drug-likeness (QED) is 0.490. The summed E-state index contributed by atoms with van der Waals surface area (Å²) in [5.74, 6) is 0.465. The predicted molar refractivity (Wildman–Crippen MR) is 121 cm³/mol. The van der Waals surface area contributed by atoms with Crippen LogP contribution in [-0.2, 0) is 0 Å². The summed E-state index contributed by atoms with van der Waals surface area (Å²) >= 11 is 7.95. The van der Waals surface area contributed by atoms with E-state index < -0.39 is 0 Å². The first kappa shape index (κ1) is 20.2. The molecule has 2 heterocycles. The van der Waals surface area contributed by atoms with Crippen LogP contribution >= 0.6 is 23.4 Å². The Labute approximate surface area is 186 Å². The van der Waals surface area contributed by atoms with Gasteiger partial charge in [-0.15, -0.1) is 0 Å². The van der Waals surface area contributed by atoms with Crippen molar-refractivity contribution in [3.05, 3.63) is 76.2 Å². The van der Waals surface area contributed by atoms with Crippen LogP contribution in [0.25, 0.3) is 5.57 Å². The Kier molecular flexibility index (Phi) is 5.65. The van der Waals surface area contributed by atoms with Crippen molar-refractivity contribution in [1.29, 1.82) is 0 Å². The summed E-state index contributed by atoms with van der Waals surface area (Å²) in [6.45, 7) is 2.04. The molecule has 1 saturated carbocycles. The van der Waals surface area contributed by atoms with Gasteiger partial charge >= 0.3 is 0 Å². The molecule has 2 aromatic rings. The van der Waals surface area contributed by atoms with Crippen LogP contribution < -0.4 is 0 Å². The van der Waals surface area contributed by atoms with Gasteiger partial charge in [0.05, 0.1) is 6.10 Å². The molecule has 0 amide bonds. The van der Waals surface area contributed by atoms with Crippen LogP contribution in [0.3, 0.4) is 0 Å². The highest BCUT2D eigenvalue weighted by atomic mass is 35.5. The van der Waals surface area contributed by atoms with Gasteiger partial charge < -0.3 is 10.0 Å². The lowest BCUT2D eigenvalue weighted by Gasteiger charge is -2.33. The van der Waals surface area contributed by atoms with Gasteiger partial charge in [-0.1, -0.05) is 29.4 Å². The molecule has 0 spiro atoms. The lowest BCUT2D eigenvalue weighted by Crippen LogP contribution is -2.31. The van der Waals surface area contributed by atoms with Crippen LogP contribution in [0.4, 0.5) is 4.39 Å². The van der Waals surface area contributed by atoms with Crippen LogP contribution in [0.15, 0.2) is 64.0 Å². The van der Waals surface area contributed by atoms with Gasteiger partial charge in [0.2, 0.25) is 0 Å². The number of hydrogen-bond acceptors (Lipinski definition) is 3. The molecule has 0 bridgehead atoms. The third-order valence-corrected chi connectivity index (χ3v) is 7.80. The second kappa shape index (κ2) is 8.41. The number of rotatable bonds is 2. The van der Waals surface area contributed by atoms with Crippen LogP contribution in [0.1, 0.15) is 43.2 Å². The van der Waals surface area contributed by atoms with E-state index in [2.05, 4.69) is 17.2 Å². The SMILES string of the molecule is OC1CCC(CN2C=CC(=C3c4ccc(F)cc4Sc4ccc(Cl)cc43)CC2)CC1. The Hall–Kier alpha value is -1.75. The zero-order valence-corrected chi connectivity index (χ0v) is 18.4. The molecule has 2 aliphatic heterocycles. The Balaban J connectivity index is 1.47. The van der Waals surface area contributed by atoms with Gasteiger partial charge in [-0.3, -0.25) is 0 Å². The minimum atomic E-state index is -0.203. The van der Waals surface area contributed by atoms with Crippen molar-refractivity contribution in [2.75, 3.05) is 13.1 Å². The number of aliphatic hydroxyl groups excluding tert-OH is 1. The number of halogens is 2. The largest absolute Gasteiger partial charge is 0.393 e. The van der Waals surface area contributed by atoms with E-state index >= 15 is 0 Å². The molecule has 1 fully saturated rings. The van der Waals surface area contributed by atoms with Crippen LogP contribution in [-0.4, -0.2) is 29.2 Å². The van der Waals surface area contributed by atoms with Gasteiger partial charge in [-0.25, -0.2) is 4.39 Å². The number of aliphatic hydroxyl groups is 1. The smallest absolute Gasteiger partial charge is 0.124 e. The molecular weight excluding hydrogens is 417 g/mol. The number of nitrogens with zero attached hydrogens (tertiary/aromatic N) is 1. The normalized spacial score (nSPS) is 25.8. The highest BCUT2D eigenvalue weighted by Gasteiger charge is 2.26. The maximum Gasteiger partial charge on any atom is 0.124 e. The highest BCUT2D eigenvalue weighted by Crippen LogP contribution is 2.48. The summed E-state index contributed by atoms with van der Waals surface area (Å²) in [6, 6.07) is 11.1. The summed E-state index contributed by atoms with van der Waals surface area (Å²) in [6.07, 6.45) is 9.38. The van der Waals surface area contributed by atoms with Crippen molar-refractivity contribution in [1.82, 2.24) is 4.90 Å². The van der Waals surface area contributed by atoms with Gasteiger partial charge in [0.15, 0.2) is 0 Å². The first-order valence-corrected chi connectivity index (χ1v) is 11.9. The van der Waals surface area contributed by atoms with Crippen LogP contribution in [0.2, 0.25) is 5.02 Å². The van der Waals surface area contributed by atoms with Crippen LogP contribution in [0, 0.1) is 11.7 Å². The molecule has 2 aromatic carbocycles. The van der Waals surface area contributed by atoms with Gasteiger partial charge in [0, 0.05) is 27.9 Å². The third-order valence-electron chi connectivity index (χ3n) is 6.43. The van der Waals surface area contributed by atoms with Crippen molar-refractivity contribution in [3.63, 3.8) is 0 Å². The van der Waals surface area contributed by atoms with Gasteiger partial charge in [0.1, 0.15) is 5.82 Å². The summed E-state index contributed by atoms with van der Waals surface area (Å²) < 4.78 is 13.9. The lowest BCUT2D eigenvalue weighted by atomic mass is 9.86. The Bertz CT molecular complexity index is 1030. The van der Waals surface area contributed by atoms with E-state index in [0.717, 1.165) is 71.1 Å². The first-order chi connectivity index (χ1) is 14.6. The monoisotopic (exact) mass is 441 g/mol. The Morgan fingerprint density at radius 1 is 1.03 bits per heavy atom. The first-order valence-electron chi connectivity index (χ1n) is 10.7. The van der Waals surface area contributed by atoms with Crippen molar-refractivity contribution < 1.29 is 9.50 Å². The zero-order chi connectivity index (χ0) is 20.7. The van der Waals surface area contributed by atoms with E-state index in [1.807, 2.05) is 24.3 Å². The van der Waals surface area contributed by atoms with Crippen molar-refractivity contribution in [2.45, 2.75) is 48.0 Å². The molecule has 0 radical (unpaired) electrons. The van der Waals surface area contributed by atoms with Gasteiger partial charge in [-0.2, -0.15) is 0 Å². The number of allylic oxidation sites excluding steroid dienone is 1. The summed E-state index contributed by atoms with van der Waals surface area (Å²) in [7, 11) is 0. The molecule has 2 nitrogen and oxygen atoms in total. The lowest BCUT2D eigenvalue weighted by molar-refractivity contribution is 0.0998. The van der Waals surface area contributed by atoms with E-state index in [0.29, 0.717) is 5.92 Å². The summed E-state index contributed by atoms with van der Waals surface area (Å²) in [5.41, 5.74) is 4.69. The standard InChI is InChI=1S/C25H25ClFNOS/c26-18-3-8-23-22(13-18)25(21-7-4-19(27)14-24(21)30-23)17-9-11-28(12-10-17)15-16-1-5-20(29)6-2-16/h3-4,7-9,11,13-14,16,20,29H,1-2,5-6,10,12,15H2. The average Bonchev–Trinajstić information content (AvgIpc) is 2.74. The second-order valence-corrected chi connectivity index (χ2v) is 10.0. The number of hydrogen-bond donors (Lipinski definition) is 1.